The lowest BCUT2D eigenvalue weighted by Gasteiger charge is -2.06. The van der Waals surface area contributed by atoms with Gasteiger partial charge in [-0.15, -0.1) is 12.4 Å². The number of fused-ring (bicyclic) bond motifs is 1. The largest absolute Gasteiger partial charge is 0.395 e. The van der Waals surface area contributed by atoms with Crippen molar-refractivity contribution in [1.82, 2.24) is 5.32 Å². The molecule has 2 N–H and O–H groups in total. The van der Waals surface area contributed by atoms with Crippen molar-refractivity contribution in [1.29, 1.82) is 0 Å². The molecule has 3 atom stereocenters. The minimum absolute atomic E-state index is 0. The van der Waals surface area contributed by atoms with Gasteiger partial charge in [0.05, 0.1) is 6.61 Å². The molecule has 2 nitrogen and oxygen atoms in total. The van der Waals surface area contributed by atoms with E-state index in [4.69, 9.17) is 5.11 Å². The molecule has 1 saturated heterocycles. The van der Waals surface area contributed by atoms with E-state index in [1.807, 2.05) is 0 Å². The van der Waals surface area contributed by atoms with Crippen molar-refractivity contribution in [2.24, 2.45) is 11.8 Å². The van der Waals surface area contributed by atoms with Crippen LogP contribution in [0.5, 0.6) is 0 Å². The standard InChI is InChI=1S/C6H11NO.ClH/c8-3-6-5-1-4(5)2-7-6;/h4-8H,1-3H2;1H/t4-,5-,6-;/m1./s1. The van der Waals surface area contributed by atoms with Crippen LogP contribution in [0.1, 0.15) is 6.42 Å². The van der Waals surface area contributed by atoms with E-state index < -0.39 is 0 Å². The minimum atomic E-state index is 0. The first-order chi connectivity index (χ1) is 3.92. The number of halogens is 1. The van der Waals surface area contributed by atoms with Crippen LogP contribution >= 0.6 is 12.4 Å². The first-order valence-electron chi connectivity index (χ1n) is 3.26. The molecule has 0 radical (unpaired) electrons. The van der Waals surface area contributed by atoms with E-state index in [1.54, 1.807) is 0 Å². The molecule has 1 heterocycles. The predicted molar refractivity (Wildman–Crippen MR) is 37.7 cm³/mol. The van der Waals surface area contributed by atoms with Gasteiger partial charge in [-0.05, 0) is 24.8 Å². The fraction of sp³-hybridized carbons (Fsp3) is 1.00. The Hall–Kier alpha value is 0.210. The first-order valence-corrected chi connectivity index (χ1v) is 3.26. The molecule has 2 fully saturated rings. The lowest BCUT2D eigenvalue weighted by atomic mass is 10.2. The number of aliphatic hydroxyl groups is 1. The third-order valence-corrected chi connectivity index (χ3v) is 2.33. The van der Waals surface area contributed by atoms with E-state index in [-0.39, 0.29) is 12.4 Å². The number of piperidine rings is 1. The van der Waals surface area contributed by atoms with Crippen LogP contribution < -0.4 is 5.32 Å². The molecule has 54 valence electrons. The van der Waals surface area contributed by atoms with Crippen LogP contribution in [-0.2, 0) is 0 Å². The van der Waals surface area contributed by atoms with Crippen LogP contribution in [0, 0.1) is 11.8 Å². The lowest BCUT2D eigenvalue weighted by Crippen LogP contribution is -2.29. The van der Waals surface area contributed by atoms with Gasteiger partial charge in [-0.3, -0.25) is 0 Å². The second-order valence-electron chi connectivity index (χ2n) is 2.86. The highest BCUT2D eigenvalue weighted by atomic mass is 35.5. The number of hydrogen-bond donors (Lipinski definition) is 2. The summed E-state index contributed by atoms with van der Waals surface area (Å²) in [5, 5.41) is 12.0. The van der Waals surface area contributed by atoms with E-state index in [1.165, 1.54) is 6.42 Å². The highest BCUT2D eigenvalue weighted by Gasteiger charge is 2.47. The van der Waals surface area contributed by atoms with E-state index in [9.17, 15) is 0 Å². The molecular formula is C6H12ClNO. The Balaban J connectivity index is 0.000000405. The normalized spacial score (nSPS) is 45.7. The topological polar surface area (TPSA) is 32.3 Å². The van der Waals surface area contributed by atoms with Gasteiger partial charge in [-0.1, -0.05) is 0 Å². The molecule has 1 aliphatic heterocycles. The molecule has 3 heteroatoms. The summed E-state index contributed by atoms with van der Waals surface area (Å²) < 4.78 is 0. The van der Waals surface area contributed by atoms with Gasteiger partial charge in [0.2, 0.25) is 0 Å². The highest BCUT2D eigenvalue weighted by Crippen LogP contribution is 2.44. The fourth-order valence-corrected chi connectivity index (χ4v) is 1.65. The molecule has 0 unspecified atom stereocenters. The summed E-state index contributed by atoms with van der Waals surface area (Å²) in [5.41, 5.74) is 0. The molecule has 1 aliphatic carbocycles. The molecule has 0 amide bonds. The Labute approximate surface area is 61.0 Å². The van der Waals surface area contributed by atoms with Crippen LogP contribution in [-0.4, -0.2) is 24.3 Å². The predicted octanol–water partition coefficient (Wildman–Crippen LogP) is 0.00840. The second-order valence-corrected chi connectivity index (χ2v) is 2.86. The molecule has 2 aliphatic rings. The fourth-order valence-electron chi connectivity index (χ4n) is 1.65. The molecule has 2 rings (SSSR count). The van der Waals surface area contributed by atoms with Crippen molar-refractivity contribution in [2.45, 2.75) is 12.5 Å². The number of aliphatic hydroxyl groups excluding tert-OH is 1. The van der Waals surface area contributed by atoms with Crippen LogP contribution in [0.3, 0.4) is 0 Å². The van der Waals surface area contributed by atoms with Crippen molar-refractivity contribution in [3.8, 4) is 0 Å². The van der Waals surface area contributed by atoms with Gasteiger partial charge < -0.3 is 10.4 Å². The minimum Gasteiger partial charge on any atom is -0.395 e. The molecule has 0 aromatic rings. The average molecular weight is 150 g/mol. The Morgan fingerprint density at radius 3 is 2.56 bits per heavy atom. The molecule has 0 spiro atoms. The number of hydrogen-bond acceptors (Lipinski definition) is 2. The summed E-state index contributed by atoms with van der Waals surface area (Å²) in [6.07, 6.45) is 1.36. The Kier molecular flexibility index (Phi) is 1.99. The number of rotatable bonds is 1. The van der Waals surface area contributed by atoms with Crippen molar-refractivity contribution in [3.63, 3.8) is 0 Å². The van der Waals surface area contributed by atoms with Gasteiger partial charge in [-0.2, -0.15) is 0 Å². The maximum Gasteiger partial charge on any atom is 0.0587 e. The lowest BCUT2D eigenvalue weighted by molar-refractivity contribution is 0.242. The zero-order chi connectivity index (χ0) is 5.56. The Morgan fingerprint density at radius 1 is 1.56 bits per heavy atom. The molecule has 9 heavy (non-hydrogen) atoms. The van der Waals surface area contributed by atoms with Gasteiger partial charge >= 0.3 is 0 Å². The molecule has 1 saturated carbocycles. The quantitative estimate of drug-likeness (QED) is 0.551. The highest BCUT2D eigenvalue weighted by molar-refractivity contribution is 5.85. The maximum atomic E-state index is 8.70. The monoisotopic (exact) mass is 149 g/mol. The summed E-state index contributed by atoms with van der Waals surface area (Å²) in [6.45, 7) is 1.48. The Bertz CT molecular complexity index is 109. The zero-order valence-electron chi connectivity index (χ0n) is 5.21. The summed E-state index contributed by atoms with van der Waals surface area (Å²) in [4.78, 5) is 0. The van der Waals surface area contributed by atoms with Crippen molar-refractivity contribution < 1.29 is 5.11 Å². The molecular weight excluding hydrogens is 138 g/mol. The summed E-state index contributed by atoms with van der Waals surface area (Å²) >= 11 is 0. The van der Waals surface area contributed by atoms with Crippen molar-refractivity contribution in [3.05, 3.63) is 0 Å². The van der Waals surface area contributed by atoms with E-state index in [2.05, 4.69) is 5.32 Å². The van der Waals surface area contributed by atoms with Gasteiger partial charge in [-0.25, -0.2) is 0 Å². The van der Waals surface area contributed by atoms with Crippen LogP contribution in [0.25, 0.3) is 0 Å². The van der Waals surface area contributed by atoms with Gasteiger partial charge in [0, 0.05) is 6.04 Å². The smallest absolute Gasteiger partial charge is 0.0587 e. The number of nitrogens with one attached hydrogen (secondary N) is 1. The molecule has 0 bridgehead atoms. The van der Waals surface area contributed by atoms with E-state index >= 15 is 0 Å². The van der Waals surface area contributed by atoms with Crippen LogP contribution in [0.2, 0.25) is 0 Å². The molecule has 0 aromatic carbocycles. The third kappa shape index (κ3) is 1.07. The zero-order valence-corrected chi connectivity index (χ0v) is 6.03. The van der Waals surface area contributed by atoms with Gasteiger partial charge in [0.1, 0.15) is 0 Å². The summed E-state index contributed by atoms with van der Waals surface area (Å²) in [6, 6.07) is 0.444. The van der Waals surface area contributed by atoms with Crippen molar-refractivity contribution >= 4 is 12.4 Å². The first kappa shape index (κ1) is 7.32. The van der Waals surface area contributed by atoms with E-state index in [0.29, 0.717) is 12.6 Å². The van der Waals surface area contributed by atoms with Crippen LogP contribution in [0.4, 0.5) is 0 Å². The summed E-state index contributed by atoms with van der Waals surface area (Å²) in [5.74, 6) is 1.76. The van der Waals surface area contributed by atoms with E-state index in [0.717, 1.165) is 18.4 Å². The summed E-state index contributed by atoms with van der Waals surface area (Å²) in [7, 11) is 0. The van der Waals surface area contributed by atoms with Crippen molar-refractivity contribution in [2.75, 3.05) is 13.2 Å². The average Bonchev–Trinajstić information content (AvgIpc) is 2.46. The second kappa shape index (κ2) is 2.45. The van der Waals surface area contributed by atoms with Gasteiger partial charge in [0.15, 0.2) is 0 Å². The third-order valence-electron chi connectivity index (χ3n) is 2.33. The Morgan fingerprint density at radius 2 is 2.33 bits per heavy atom. The molecule has 0 aromatic heterocycles. The van der Waals surface area contributed by atoms with Gasteiger partial charge in [0.25, 0.3) is 0 Å². The van der Waals surface area contributed by atoms with Crippen LogP contribution in [0.15, 0.2) is 0 Å². The SMILES string of the molecule is Cl.OC[C@H]1NC[C@H]2C[C@H]21. The maximum absolute atomic E-state index is 8.70.